The number of nitrogens with one attached hydrogen (secondary N) is 2. The summed E-state index contributed by atoms with van der Waals surface area (Å²) >= 11 is 12.2. The van der Waals surface area contributed by atoms with Gasteiger partial charge in [-0.05, 0) is 48.5 Å². The second-order valence-corrected chi connectivity index (χ2v) is 8.54. The van der Waals surface area contributed by atoms with Crippen molar-refractivity contribution in [1.29, 1.82) is 0 Å². The molecule has 2 aromatic heterocycles. The first-order valence-corrected chi connectivity index (χ1v) is 11.7. The molecule has 0 aliphatic heterocycles. The summed E-state index contributed by atoms with van der Waals surface area (Å²) in [6, 6.07) is 14.0. The molecule has 0 aliphatic rings. The number of nitrogens with zero attached hydrogens (tertiary/aromatic N) is 3. The average molecular weight is 584 g/mol. The summed E-state index contributed by atoms with van der Waals surface area (Å²) in [5, 5.41) is 27.9. The van der Waals surface area contributed by atoms with Crippen molar-refractivity contribution in [3.8, 4) is 22.6 Å². The number of halogens is 2. The molecule has 0 spiro atoms. The number of carbonyl (C=O) groups excluding carboxylic acids is 2. The van der Waals surface area contributed by atoms with E-state index in [4.69, 9.17) is 37.1 Å². The van der Waals surface area contributed by atoms with Crippen LogP contribution >= 0.6 is 23.2 Å². The maximum atomic E-state index is 12.0. The van der Waals surface area contributed by atoms with Crippen molar-refractivity contribution in [2.24, 2.45) is 10.2 Å². The second-order valence-electron chi connectivity index (χ2n) is 7.72. The van der Waals surface area contributed by atoms with Crippen LogP contribution in [-0.4, -0.2) is 40.2 Å². The first-order chi connectivity index (χ1) is 19.1. The molecule has 15 heteroatoms. The van der Waals surface area contributed by atoms with Gasteiger partial charge in [-0.25, -0.2) is 15.6 Å². The van der Waals surface area contributed by atoms with Gasteiger partial charge < -0.3 is 13.9 Å². The molecule has 0 radical (unpaired) electrons. The molecule has 0 unspecified atom stereocenters. The molecular weight excluding hydrogens is 569 g/mol. The average Bonchev–Trinajstić information content (AvgIpc) is 3.59. The first kappa shape index (κ1) is 27.8. The lowest BCUT2D eigenvalue weighted by molar-refractivity contribution is -0.384. The lowest BCUT2D eigenvalue weighted by Crippen LogP contribution is -2.35. The van der Waals surface area contributed by atoms with Gasteiger partial charge in [0, 0.05) is 23.3 Å². The number of rotatable bonds is 8. The van der Waals surface area contributed by atoms with Gasteiger partial charge in [-0.1, -0.05) is 23.2 Å². The summed E-state index contributed by atoms with van der Waals surface area (Å²) in [7, 11) is 0. The van der Waals surface area contributed by atoms with Crippen LogP contribution in [0.25, 0.3) is 22.6 Å². The number of carboxylic acid groups (broad SMARTS) is 1. The monoisotopic (exact) mass is 583 g/mol. The van der Waals surface area contributed by atoms with Gasteiger partial charge in [0.05, 0.1) is 33.0 Å². The zero-order chi connectivity index (χ0) is 28.8. The fourth-order valence-electron chi connectivity index (χ4n) is 3.21. The molecule has 2 heterocycles. The molecule has 4 rings (SSSR count). The lowest BCUT2D eigenvalue weighted by Gasteiger charge is -2.02. The van der Waals surface area contributed by atoms with E-state index in [1.54, 1.807) is 0 Å². The highest BCUT2D eigenvalue weighted by Crippen LogP contribution is 2.32. The number of amides is 2. The number of non-ortho nitro benzene ring substituents is 1. The number of hydrogen-bond acceptors (Lipinski definition) is 9. The fraction of sp³-hybridized carbons (Fsp3) is 0. The number of nitro benzene ring substituents is 1. The highest BCUT2D eigenvalue weighted by Gasteiger charge is 2.15. The number of hydrogen-bond donors (Lipinski definition) is 3. The number of nitro groups is 1. The standard InChI is InChI=1S/C25H15Cl2N5O8/c26-19-5-1-13(25(35)36)9-17(19)21-7-3-15(39-21)11-28-30-23(33)24(34)31-29-12-16-4-8-22(40-16)18-10-14(32(37)38)2-6-20(18)27/h1-12H,(H,30,33)(H,31,34)(H,35,36). The van der Waals surface area contributed by atoms with Crippen LogP contribution in [0.15, 0.2) is 79.7 Å². The molecule has 0 saturated heterocycles. The summed E-state index contributed by atoms with van der Waals surface area (Å²) in [6.07, 6.45) is 2.23. The molecule has 0 atom stereocenters. The third-order valence-electron chi connectivity index (χ3n) is 5.08. The van der Waals surface area contributed by atoms with Gasteiger partial charge >= 0.3 is 17.8 Å². The predicted octanol–water partition coefficient (Wildman–Crippen LogP) is 4.72. The van der Waals surface area contributed by atoms with Gasteiger partial charge in [0.15, 0.2) is 0 Å². The zero-order valence-electron chi connectivity index (χ0n) is 19.8. The van der Waals surface area contributed by atoms with E-state index in [0.29, 0.717) is 5.56 Å². The minimum atomic E-state index is -1.14. The summed E-state index contributed by atoms with van der Waals surface area (Å²) in [5.74, 6) is -2.56. The van der Waals surface area contributed by atoms with E-state index in [1.807, 2.05) is 10.9 Å². The molecule has 3 N–H and O–H groups in total. The van der Waals surface area contributed by atoms with Crippen LogP contribution in [0.1, 0.15) is 21.9 Å². The van der Waals surface area contributed by atoms with Crippen molar-refractivity contribution < 1.29 is 33.2 Å². The molecule has 40 heavy (non-hydrogen) atoms. The molecule has 0 bridgehead atoms. The minimum absolute atomic E-state index is 0.0197. The first-order valence-electron chi connectivity index (χ1n) is 11.0. The Kier molecular flexibility index (Phi) is 8.37. The number of carbonyl (C=O) groups is 3. The Hall–Kier alpha value is -5.27. The van der Waals surface area contributed by atoms with Gasteiger partial charge in [0.25, 0.3) is 5.69 Å². The third-order valence-corrected chi connectivity index (χ3v) is 5.74. The van der Waals surface area contributed by atoms with E-state index in [0.717, 1.165) is 12.4 Å². The van der Waals surface area contributed by atoms with Gasteiger partial charge in [0.1, 0.15) is 23.0 Å². The van der Waals surface area contributed by atoms with Crippen molar-refractivity contribution >= 4 is 59.1 Å². The Labute approximate surface area is 233 Å². The normalized spacial score (nSPS) is 11.2. The van der Waals surface area contributed by atoms with Crippen LogP contribution < -0.4 is 10.9 Å². The fourth-order valence-corrected chi connectivity index (χ4v) is 3.63. The lowest BCUT2D eigenvalue weighted by atomic mass is 10.1. The number of carboxylic acids is 1. The Morgan fingerprint density at radius 2 is 1.30 bits per heavy atom. The molecule has 13 nitrogen and oxygen atoms in total. The Bertz CT molecular complexity index is 1570. The van der Waals surface area contributed by atoms with Gasteiger partial charge in [-0.3, -0.25) is 19.7 Å². The minimum Gasteiger partial charge on any atom is -0.478 e. The summed E-state index contributed by atoms with van der Waals surface area (Å²) in [4.78, 5) is 45.5. The number of aromatic carboxylic acids is 1. The number of benzene rings is 2. The SMILES string of the molecule is O=C(NN=Cc1ccc(-c2cc(C(=O)O)ccc2Cl)o1)C(=O)NN=Cc1ccc(-c2cc([N+](=O)[O-])ccc2Cl)o1. The van der Waals surface area contributed by atoms with Crippen LogP contribution in [0.3, 0.4) is 0 Å². The van der Waals surface area contributed by atoms with Crippen molar-refractivity contribution in [2.45, 2.75) is 0 Å². The predicted molar refractivity (Wildman–Crippen MR) is 143 cm³/mol. The Balaban J connectivity index is 1.32. The highest BCUT2D eigenvalue weighted by atomic mass is 35.5. The molecular formula is C25H15Cl2N5O8. The van der Waals surface area contributed by atoms with Crippen molar-refractivity contribution in [3.63, 3.8) is 0 Å². The van der Waals surface area contributed by atoms with E-state index < -0.39 is 22.7 Å². The quantitative estimate of drug-likeness (QED) is 0.115. The zero-order valence-corrected chi connectivity index (χ0v) is 21.3. The molecule has 0 saturated carbocycles. The molecule has 0 fully saturated rings. The van der Waals surface area contributed by atoms with Crippen molar-refractivity contribution in [2.75, 3.05) is 0 Å². The highest BCUT2D eigenvalue weighted by molar-refractivity contribution is 6.35. The van der Waals surface area contributed by atoms with E-state index in [2.05, 4.69) is 10.2 Å². The van der Waals surface area contributed by atoms with Gasteiger partial charge in [-0.2, -0.15) is 10.2 Å². The van der Waals surface area contributed by atoms with Crippen LogP contribution in [0.2, 0.25) is 10.0 Å². The van der Waals surface area contributed by atoms with E-state index in [-0.39, 0.29) is 49.9 Å². The summed E-state index contributed by atoms with van der Waals surface area (Å²) in [5.41, 5.74) is 4.48. The Morgan fingerprint density at radius 1 is 0.800 bits per heavy atom. The van der Waals surface area contributed by atoms with Crippen LogP contribution in [0, 0.1) is 10.1 Å². The smallest absolute Gasteiger partial charge is 0.335 e. The largest absolute Gasteiger partial charge is 0.478 e. The van der Waals surface area contributed by atoms with Crippen LogP contribution in [-0.2, 0) is 9.59 Å². The van der Waals surface area contributed by atoms with E-state index in [9.17, 15) is 24.5 Å². The van der Waals surface area contributed by atoms with Crippen LogP contribution in [0.4, 0.5) is 5.69 Å². The van der Waals surface area contributed by atoms with Crippen molar-refractivity contribution in [1.82, 2.24) is 10.9 Å². The van der Waals surface area contributed by atoms with E-state index >= 15 is 0 Å². The second kappa shape index (κ2) is 12.1. The van der Waals surface area contributed by atoms with E-state index in [1.165, 1.54) is 60.7 Å². The molecule has 2 amide bonds. The topological polar surface area (TPSA) is 190 Å². The number of hydrazone groups is 2. The third kappa shape index (κ3) is 6.59. The van der Waals surface area contributed by atoms with Crippen LogP contribution in [0.5, 0.6) is 0 Å². The molecule has 2 aromatic carbocycles. The summed E-state index contributed by atoms with van der Waals surface area (Å²) < 4.78 is 11.1. The molecule has 202 valence electrons. The molecule has 4 aromatic rings. The Morgan fingerprint density at radius 3 is 1.80 bits per heavy atom. The number of furan rings is 2. The van der Waals surface area contributed by atoms with Crippen molar-refractivity contribution in [3.05, 3.63) is 97.9 Å². The maximum Gasteiger partial charge on any atom is 0.335 e. The maximum absolute atomic E-state index is 12.0. The van der Waals surface area contributed by atoms with Gasteiger partial charge in [0.2, 0.25) is 0 Å². The van der Waals surface area contributed by atoms with Gasteiger partial charge in [-0.15, -0.1) is 0 Å². The summed E-state index contributed by atoms with van der Waals surface area (Å²) in [6.45, 7) is 0. The molecule has 0 aliphatic carbocycles.